The van der Waals surface area contributed by atoms with Gasteiger partial charge >= 0.3 is 0 Å². The van der Waals surface area contributed by atoms with Crippen LogP contribution in [0.4, 0.5) is 0 Å². The zero-order valence-corrected chi connectivity index (χ0v) is 14.5. The maximum absolute atomic E-state index is 8.99. The lowest BCUT2D eigenvalue weighted by Crippen LogP contribution is -1.83. The van der Waals surface area contributed by atoms with Gasteiger partial charge in [-0.3, -0.25) is 0 Å². The van der Waals surface area contributed by atoms with Gasteiger partial charge in [0.15, 0.2) is 0 Å². The van der Waals surface area contributed by atoms with Gasteiger partial charge in [0.2, 0.25) is 0 Å². The van der Waals surface area contributed by atoms with E-state index in [1.165, 1.54) is 0 Å². The van der Waals surface area contributed by atoms with Crippen LogP contribution in [0.25, 0.3) is 44.2 Å². The van der Waals surface area contributed by atoms with Gasteiger partial charge in [-0.05, 0) is 41.0 Å². The standard InChI is InChI=1S/C25H15NO/c26-16-17-11-13-18(14-12-17)19-5-3-6-20(15-19)21-8-4-9-23-22-7-1-2-10-24(22)27-25(21)23/h1-15H. The molecule has 0 saturated carbocycles. The Hall–Kier alpha value is -3.83. The molecule has 0 aliphatic rings. The van der Waals surface area contributed by atoms with E-state index in [1.54, 1.807) is 0 Å². The van der Waals surface area contributed by atoms with Gasteiger partial charge in [-0.25, -0.2) is 0 Å². The molecular weight excluding hydrogens is 330 g/mol. The van der Waals surface area contributed by atoms with E-state index in [4.69, 9.17) is 9.68 Å². The molecule has 5 rings (SSSR count). The molecule has 0 bridgehead atoms. The monoisotopic (exact) mass is 345 g/mol. The first kappa shape index (κ1) is 15.4. The Balaban J connectivity index is 1.68. The average Bonchev–Trinajstić information content (AvgIpc) is 3.13. The van der Waals surface area contributed by atoms with Crippen LogP contribution in [0.2, 0.25) is 0 Å². The third-order valence-electron chi connectivity index (χ3n) is 4.93. The lowest BCUT2D eigenvalue weighted by atomic mass is 9.97. The summed E-state index contributed by atoms with van der Waals surface area (Å²) in [7, 11) is 0. The second kappa shape index (κ2) is 6.16. The molecule has 1 heterocycles. The molecule has 126 valence electrons. The van der Waals surface area contributed by atoms with Crippen molar-refractivity contribution in [2.24, 2.45) is 0 Å². The van der Waals surface area contributed by atoms with Gasteiger partial charge in [-0.15, -0.1) is 0 Å². The minimum Gasteiger partial charge on any atom is -0.455 e. The van der Waals surface area contributed by atoms with Gasteiger partial charge < -0.3 is 4.42 Å². The summed E-state index contributed by atoms with van der Waals surface area (Å²) in [6.07, 6.45) is 0. The molecule has 0 unspecified atom stereocenters. The van der Waals surface area contributed by atoms with Crippen LogP contribution in [-0.2, 0) is 0 Å². The van der Waals surface area contributed by atoms with Gasteiger partial charge in [0, 0.05) is 16.3 Å². The summed E-state index contributed by atoms with van der Waals surface area (Å²) >= 11 is 0. The molecule has 5 aromatic rings. The van der Waals surface area contributed by atoms with Gasteiger partial charge in [-0.1, -0.05) is 66.7 Å². The van der Waals surface area contributed by atoms with Crippen molar-refractivity contribution >= 4 is 21.9 Å². The summed E-state index contributed by atoms with van der Waals surface area (Å²) in [5.41, 5.74) is 6.89. The fourth-order valence-electron chi connectivity index (χ4n) is 3.58. The molecular formula is C25H15NO. The summed E-state index contributed by atoms with van der Waals surface area (Å²) in [5, 5.41) is 11.3. The highest BCUT2D eigenvalue weighted by Crippen LogP contribution is 2.36. The van der Waals surface area contributed by atoms with Crippen LogP contribution in [0.15, 0.2) is 95.4 Å². The van der Waals surface area contributed by atoms with Crippen LogP contribution < -0.4 is 0 Å². The SMILES string of the molecule is N#Cc1ccc(-c2cccc(-c3cccc4c3oc3ccccc34)c2)cc1. The summed E-state index contributed by atoms with van der Waals surface area (Å²) in [5.74, 6) is 0. The van der Waals surface area contributed by atoms with Crippen molar-refractivity contribution in [2.45, 2.75) is 0 Å². The molecule has 0 radical (unpaired) electrons. The first-order valence-corrected chi connectivity index (χ1v) is 8.85. The predicted octanol–water partition coefficient (Wildman–Crippen LogP) is 6.79. The molecule has 0 amide bonds. The Morgan fingerprint density at radius 1 is 0.630 bits per heavy atom. The Bertz CT molecular complexity index is 1320. The highest BCUT2D eigenvalue weighted by atomic mass is 16.3. The van der Waals surface area contributed by atoms with Crippen LogP contribution in [0.3, 0.4) is 0 Å². The second-order valence-electron chi connectivity index (χ2n) is 6.55. The highest BCUT2D eigenvalue weighted by Gasteiger charge is 2.12. The molecule has 0 saturated heterocycles. The number of nitriles is 1. The van der Waals surface area contributed by atoms with Crippen LogP contribution in [0, 0.1) is 11.3 Å². The normalized spacial score (nSPS) is 10.9. The van der Waals surface area contributed by atoms with Crippen molar-refractivity contribution < 1.29 is 4.42 Å². The molecule has 2 heteroatoms. The van der Waals surface area contributed by atoms with Crippen LogP contribution >= 0.6 is 0 Å². The number of fused-ring (bicyclic) bond motifs is 3. The molecule has 0 aliphatic carbocycles. The number of para-hydroxylation sites is 2. The zero-order valence-electron chi connectivity index (χ0n) is 14.5. The van der Waals surface area contributed by atoms with E-state index in [0.717, 1.165) is 44.2 Å². The smallest absolute Gasteiger partial charge is 0.143 e. The van der Waals surface area contributed by atoms with Gasteiger partial charge in [0.05, 0.1) is 11.6 Å². The predicted molar refractivity (Wildman–Crippen MR) is 109 cm³/mol. The van der Waals surface area contributed by atoms with Gasteiger partial charge in [0.1, 0.15) is 11.2 Å². The number of hydrogen-bond acceptors (Lipinski definition) is 2. The average molecular weight is 345 g/mol. The largest absolute Gasteiger partial charge is 0.455 e. The minimum absolute atomic E-state index is 0.668. The third-order valence-corrected chi connectivity index (χ3v) is 4.93. The first-order chi connectivity index (χ1) is 13.3. The van der Waals surface area contributed by atoms with Crippen LogP contribution in [-0.4, -0.2) is 0 Å². The lowest BCUT2D eigenvalue weighted by molar-refractivity contribution is 0.670. The topological polar surface area (TPSA) is 36.9 Å². The molecule has 0 spiro atoms. The van der Waals surface area contributed by atoms with Crippen molar-refractivity contribution in [2.75, 3.05) is 0 Å². The van der Waals surface area contributed by atoms with Gasteiger partial charge in [0.25, 0.3) is 0 Å². The molecule has 2 nitrogen and oxygen atoms in total. The first-order valence-electron chi connectivity index (χ1n) is 8.85. The molecule has 0 atom stereocenters. The zero-order chi connectivity index (χ0) is 18.2. The Kier molecular flexibility index (Phi) is 3.52. The summed E-state index contributed by atoms with van der Waals surface area (Å²) in [6.45, 7) is 0. The van der Waals surface area contributed by atoms with Gasteiger partial charge in [-0.2, -0.15) is 5.26 Å². The molecule has 0 N–H and O–H groups in total. The molecule has 0 fully saturated rings. The quantitative estimate of drug-likeness (QED) is 0.353. The van der Waals surface area contributed by atoms with Crippen molar-refractivity contribution in [1.82, 2.24) is 0 Å². The molecule has 1 aromatic heterocycles. The Morgan fingerprint density at radius 2 is 1.37 bits per heavy atom. The van der Waals surface area contributed by atoms with E-state index in [2.05, 4.69) is 54.6 Å². The second-order valence-corrected chi connectivity index (χ2v) is 6.55. The highest BCUT2D eigenvalue weighted by molar-refractivity contribution is 6.09. The van der Waals surface area contributed by atoms with Crippen molar-refractivity contribution in [3.8, 4) is 28.3 Å². The Labute approximate surface area is 156 Å². The van der Waals surface area contributed by atoms with E-state index < -0.39 is 0 Å². The van der Waals surface area contributed by atoms with E-state index in [1.807, 2.05) is 42.5 Å². The van der Waals surface area contributed by atoms with E-state index in [-0.39, 0.29) is 0 Å². The van der Waals surface area contributed by atoms with Crippen molar-refractivity contribution in [3.63, 3.8) is 0 Å². The number of benzene rings is 4. The van der Waals surface area contributed by atoms with Crippen LogP contribution in [0.5, 0.6) is 0 Å². The van der Waals surface area contributed by atoms with Crippen molar-refractivity contribution in [1.29, 1.82) is 5.26 Å². The molecule has 4 aromatic carbocycles. The van der Waals surface area contributed by atoms with Crippen LogP contribution in [0.1, 0.15) is 5.56 Å². The maximum Gasteiger partial charge on any atom is 0.143 e. The summed E-state index contributed by atoms with van der Waals surface area (Å²) in [4.78, 5) is 0. The Morgan fingerprint density at radius 3 is 2.22 bits per heavy atom. The minimum atomic E-state index is 0.668. The lowest BCUT2D eigenvalue weighted by Gasteiger charge is -2.07. The number of rotatable bonds is 2. The maximum atomic E-state index is 8.99. The van der Waals surface area contributed by atoms with E-state index in [0.29, 0.717) is 5.56 Å². The summed E-state index contributed by atoms with van der Waals surface area (Å²) in [6, 6.07) is 32.7. The molecule has 0 aliphatic heterocycles. The van der Waals surface area contributed by atoms with Crippen molar-refractivity contribution in [3.05, 3.63) is 96.6 Å². The molecule has 27 heavy (non-hydrogen) atoms. The fourth-order valence-corrected chi connectivity index (χ4v) is 3.58. The number of nitrogens with zero attached hydrogens (tertiary/aromatic N) is 1. The summed E-state index contributed by atoms with van der Waals surface area (Å²) < 4.78 is 6.18. The third kappa shape index (κ3) is 2.58. The van der Waals surface area contributed by atoms with E-state index >= 15 is 0 Å². The fraction of sp³-hybridized carbons (Fsp3) is 0. The number of hydrogen-bond donors (Lipinski definition) is 0. The number of furan rings is 1. The van der Waals surface area contributed by atoms with E-state index in [9.17, 15) is 0 Å².